The number of aromatic nitrogens is 1. The number of carbonyl (C=O) groups is 1. The van der Waals surface area contributed by atoms with E-state index in [4.69, 9.17) is 21.1 Å². The Morgan fingerprint density at radius 3 is 2.85 bits per heavy atom. The third-order valence-corrected chi connectivity index (χ3v) is 5.23. The number of nitrogens with one attached hydrogen (secondary N) is 2. The number of aromatic amines is 1. The van der Waals surface area contributed by atoms with E-state index in [9.17, 15) is 9.90 Å². The highest BCUT2D eigenvalue weighted by atomic mass is 35.5. The van der Waals surface area contributed by atoms with Gasteiger partial charge in [0.05, 0.1) is 6.04 Å². The molecule has 0 bridgehead atoms. The molecule has 0 saturated heterocycles. The molecule has 7 heteroatoms. The van der Waals surface area contributed by atoms with Gasteiger partial charge in [0.15, 0.2) is 11.5 Å². The number of rotatable bonds is 2. The Morgan fingerprint density at radius 1 is 1.15 bits per heavy atom. The van der Waals surface area contributed by atoms with E-state index >= 15 is 0 Å². The van der Waals surface area contributed by atoms with Crippen LogP contribution in [0.3, 0.4) is 0 Å². The first-order valence-electron chi connectivity index (χ1n) is 8.28. The lowest BCUT2D eigenvalue weighted by molar-refractivity contribution is -0.139. The van der Waals surface area contributed by atoms with Crippen molar-refractivity contribution in [2.24, 2.45) is 0 Å². The van der Waals surface area contributed by atoms with Gasteiger partial charge in [0.2, 0.25) is 6.79 Å². The van der Waals surface area contributed by atoms with Gasteiger partial charge in [-0.15, -0.1) is 0 Å². The minimum Gasteiger partial charge on any atom is -0.480 e. The summed E-state index contributed by atoms with van der Waals surface area (Å²) in [5.41, 5.74) is 3.80. The van der Waals surface area contributed by atoms with Gasteiger partial charge in [0.1, 0.15) is 6.04 Å². The molecule has 0 saturated carbocycles. The van der Waals surface area contributed by atoms with Crippen LogP contribution in [0.5, 0.6) is 11.5 Å². The SMILES string of the molecule is O=C(O)C1Cc2c([nH]c3ccc(Cl)cc23)C(c2ccc3c(c2)OCO3)N1. The van der Waals surface area contributed by atoms with Gasteiger partial charge >= 0.3 is 5.97 Å². The Balaban J connectivity index is 1.68. The van der Waals surface area contributed by atoms with E-state index in [0.29, 0.717) is 22.9 Å². The zero-order valence-corrected chi connectivity index (χ0v) is 14.3. The van der Waals surface area contributed by atoms with Crippen molar-refractivity contribution in [1.29, 1.82) is 0 Å². The third-order valence-electron chi connectivity index (χ3n) is 4.99. The standard InChI is InChI=1S/C19H15ClN2O4/c20-10-2-3-13-11(6-10)12-7-14(19(23)24)22-17(18(12)21-13)9-1-4-15-16(5-9)26-8-25-15/h1-6,14,17,21-22H,7-8H2,(H,23,24). The summed E-state index contributed by atoms with van der Waals surface area (Å²) in [6.45, 7) is 0.199. The second-order valence-corrected chi connectivity index (χ2v) is 6.95. The Hall–Kier alpha value is -2.70. The summed E-state index contributed by atoms with van der Waals surface area (Å²) in [5.74, 6) is 0.489. The average Bonchev–Trinajstić information content (AvgIpc) is 3.24. The van der Waals surface area contributed by atoms with Crippen LogP contribution in [0.25, 0.3) is 10.9 Å². The molecular weight excluding hydrogens is 356 g/mol. The van der Waals surface area contributed by atoms with E-state index in [0.717, 1.165) is 27.7 Å². The maximum Gasteiger partial charge on any atom is 0.321 e. The van der Waals surface area contributed by atoms with Crippen LogP contribution in [-0.2, 0) is 11.2 Å². The number of hydrogen-bond acceptors (Lipinski definition) is 4. The lowest BCUT2D eigenvalue weighted by Gasteiger charge is -2.29. The highest BCUT2D eigenvalue weighted by Crippen LogP contribution is 2.40. The first kappa shape index (κ1) is 15.5. The predicted octanol–water partition coefficient (Wildman–Crippen LogP) is 3.24. The second kappa shape index (κ2) is 5.65. The lowest BCUT2D eigenvalue weighted by atomic mass is 9.90. The van der Waals surface area contributed by atoms with E-state index in [2.05, 4.69) is 10.3 Å². The van der Waals surface area contributed by atoms with Gasteiger partial charge in [0.25, 0.3) is 0 Å². The Labute approximate surface area is 153 Å². The maximum atomic E-state index is 11.7. The van der Waals surface area contributed by atoms with Crippen molar-refractivity contribution in [3.63, 3.8) is 0 Å². The smallest absolute Gasteiger partial charge is 0.321 e. The van der Waals surface area contributed by atoms with Crippen molar-refractivity contribution in [3.8, 4) is 11.5 Å². The van der Waals surface area contributed by atoms with Crippen LogP contribution in [0.4, 0.5) is 0 Å². The zero-order valence-electron chi connectivity index (χ0n) is 13.6. The summed E-state index contributed by atoms with van der Waals surface area (Å²) >= 11 is 6.16. The van der Waals surface area contributed by atoms with Gasteiger partial charge in [-0.2, -0.15) is 0 Å². The fourth-order valence-corrected chi connectivity index (χ4v) is 3.94. The van der Waals surface area contributed by atoms with E-state index in [1.807, 2.05) is 36.4 Å². The van der Waals surface area contributed by atoms with E-state index in [1.165, 1.54) is 0 Å². The van der Waals surface area contributed by atoms with Gasteiger partial charge in [-0.1, -0.05) is 17.7 Å². The van der Waals surface area contributed by atoms with Gasteiger partial charge in [-0.05, 0) is 41.5 Å². The maximum absolute atomic E-state index is 11.7. The lowest BCUT2D eigenvalue weighted by Crippen LogP contribution is -2.44. The summed E-state index contributed by atoms with van der Waals surface area (Å²) in [6, 6.07) is 10.3. The molecule has 2 aliphatic rings. The first-order chi connectivity index (χ1) is 12.6. The number of carboxylic acids is 1. The molecule has 2 atom stereocenters. The molecule has 5 rings (SSSR count). The number of H-pyrrole nitrogens is 1. The van der Waals surface area contributed by atoms with Crippen LogP contribution in [0.15, 0.2) is 36.4 Å². The summed E-state index contributed by atoms with van der Waals surface area (Å²) < 4.78 is 10.8. The molecule has 6 nitrogen and oxygen atoms in total. The Morgan fingerprint density at radius 2 is 2.00 bits per heavy atom. The van der Waals surface area contributed by atoms with Crippen molar-refractivity contribution in [3.05, 3.63) is 58.2 Å². The molecule has 1 aromatic heterocycles. The molecule has 3 heterocycles. The van der Waals surface area contributed by atoms with E-state index in [1.54, 1.807) is 0 Å². The zero-order chi connectivity index (χ0) is 17.8. The topological polar surface area (TPSA) is 83.6 Å². The third kappa shape index (κ3) is 2.34. The number of benzene rings is 2. The van der Waals surface area contributed by atoms with Gasteiger partial charge in [0, 0.05) is 28.0 Å². The number of hydrogen-bond donors (Lipinski definition) is 3. The predicted molar refractivity (Wildman–Crippen MR) is 96.0 cm³/mol. The van der Waals surface area contributed by atoms with Gasteiger partial charge < -0.3 is 19.6 Å². The number of ether oxygens (including phenoxy) is 2. The Bertz CT molecular complexity index is 1050. The van der Waals surface area contributed by atoms with Crippen molar-refractivity contribution in [2.75, 3.05) is 6.79 Å². The van der Waals surface area contributed by atoms with Crippen LogP contribution in [0.1, 0.15) is 22.9 Å². The van der Waals surface area contributed by atoms with Crippen molar-refractivity contribution >= 4 is 28.5 Å². The molecule has 2 aliphatic heterocycles. The molecule has 0 aliphatic carbocycles. The molecule has 0 fully saturated rings. The fraction of sp³-hybridized carbons (Fsp3) is 0.211. The molecule has 3 N–H and O–H groups in total. The largest absolute Gasteiger partial charge is 0.480 e. The van der Waals surface area contributed by atoms with Crippen LogP contribution in [-0.4, -0.2) is 28.9 Å². The normalized spacial score (nSPS) is 21.0. The number of carboxylic acid groups (broad SMARTS) is 1. The monoisotopic (exact) mass is 370 g/mol. The van der Waals surface area contributed by atoms with Crippen molar-refractivity contribution in [2.45, 2.75) is 18.5 Å². The van der Waals surface area contributed by atoms with Crippen LogP contribution < -0.4 is 14.8 Å². The average molecular weight is 371 g/mol. The molecule has 2 aromatic carbocycles. The Kier molecular flexibility index (Phi) is 3.38. The second-order valence-electron chi connectivity index (χ2n) is 6.51. The molecule has 26 heavy (non-hydrogen) atoms. The van der Waals surface area contributed by atoms with Crippen LogP contribution in [0, 0.1) is 0 Å². The molecule has 3 aromatic rings. The minimum absolute atomic E-state index is 0.199. The van der Waals surface area contributed by atoms with Crippen LogP contribution >= 0.6 is 11.6 Å². The highest BCUT2D eigenvalue weighted by molar-refractivity contribution is 6.31. The quantitative estimate of drug-likeness (QED) is 0.645. The molecule has 0 radical (unpaired) electrons. The summed E-state index contributed by atoms with van der Waals surface area (Å²) in [5, 5.41) is 14.4. The van der Waals surface area contributed by atoms with Crippen molar-refractivity contribution < 1.29 is 19.4 Å². The van der Waals surface area contributed by atoms with Crippen LogP contribution in [0.2, 0.25) is 5.02 Å². The molecule has 0 amide bonds. The molecular formula is C19H15ClN2O4. The number of aliphatic carboxylic acids is 1. The van der Waals surface area contributed by atoms with Gasteiger partial charge in [-0.25, -0.2) is 0 Å². The highest BCUT2D eigenvalue weighted by Gasteiger charge is 2.34. The summed E-state index contributed by atoms with van der Waals surface area (Å²) in [7, 11) is 0. The molecule has 132 valence electrons. The minimum atomic E-state index is -0.877. The number of halogens is 1. The number of fused-ring (bicyclic) bond motifs is 4. The van der Waals surface area contributed by atoms with E-state index < -0.39 is 12.0 Å². The summed E-state index contributed by atoms with van der Waals surface area (Å²) in [4.78, 5) is 15.1. The van der Waals surface area contributed by atoms with E-state index in [-0.39, 0.29) is 12.8 Å². The van der Waals surface area contributed by atoms with Crippen molar-refractivity contribution in [1.82, 2.24) is 10.3 Å². The van der Waals surface area contributed by atoms with Gasteiger partial charge in [-0.3, -0.25) is 10.1 Å². The first-order valence-corrected chi connectivity index (χ1v) is 8.66. The summed E-state index contributed by atoms with van der Waals surface area (Å²) in [6.07, 6.45) is 0.395. The fourth-order valence-electron chi connectivity index (χ4n) is 3.77. The molecule has 0 spiro atoms. The molecule has 2 unspecified atom stereocenters.